The number of carbonyl (C=O) groups is 2. The van der Waals surface area contributed by atoms with E-state index in [4.69, 9.17) is 10.2 Å². The quantitative estimate of drug-likeness (QED) is 0.737. The number of rotatable bonds is 6. The number of likely N-dealkylation sites (N-methyl/N-ethyl adjacent to an activating group) is 1. The van der Waals surface area contributed by atoms with Gasteiger partial charge in [-0.1, -0.05) is 19.3 Å². The first-order valence-corrected chi connectivity index (χ1v) is 8.80. The Kier molecular flexibility index (Phi) is 8.80. The van der Waals surface area contributed by atoms with Gasteiger partial charge in [0, 0.05) is 19.6 Å². The van der Waals surface area contributed by atoms with Crippen molar-refractivity contribution >= 4 is 40.2 Å². The minimum Gasteiger partial charge on any atom is -0.444 e. The molecule has 0 bridgehead atoms. The fourth-order valence-corrected chi connectivity index (χ4v) is 3.37. The van der Waals surface area contributed by atoms with E-state index < -0.39 is 0 Å². The molecule has 1 unspecified atom stereocenters. The maximum absolute atomic E-state index is 12.2. The number of halogens is 2. The van der Waals surface area contributed by atoms with Gasteiger partial charge in [-0.05, 0) is 46.8 Å². The second kappa shape index (κ2) is 10.1. The number of nitrogens with two attached hydrogens (primary N) is 1. The van der Waals surface area contributed by atoms with Crippen LogP contribution in [0.3, 0.4) is 0 Å². The van der Waals surface area contributed by atoms with E-state index in [1.165, 1.54) is 24.2 Å². The normalized spacial score (nSPS) is 16.1. The average molecular weight is 423 g/mol. The summed E-state index contributed by atoms with van der Waals surface area (Å²) >= 11 is 3.16. The highest BCUT2D eigenvalue weighted by Crippen LogP contribution is 2.26. The molecule has 0 aromatic carbocycles. The number of hydrogen-bond acceptors (Lipinski definition) is 4. The third-order valence-electron chi connectivity index (χ3n) is 4.33. The predicted octanol–water partition coefficient (Wildman–Crippen LogP) is 2.56. The summed E-state index contributed by atoms with van der Waals surface area (Å²) < 4.78 is 5.70. The fraction of sp³-hybridized carbons (Fsp3) is 0.625. The van der Waals surface area contributed by atoms with Crippen molar-refractivity contribution in [3.8, 4) is 0 Å². The monoisotopic (exact) mass is 421 g/mol. The zero-order valence-electron chi connectivity index (χ0n) is 13.8. The Morgan fingerprint density at radius 2 is 2.04 bits per heavy atom. The van der Waals surface area contributed by atoms with E-state index >= 15 is 0 Å². The summed E-state index contributed by atoms with van der Waals surface area (Å²) in [5.74, 6) is 0.134. The first-order valence-electron chi connectivity index (χ1n) is 8.01. The molecule has 2 rings (SSSR count). The van der Waals surface area contributed by atoms with Gasteiger partial charge in [-0.3, -0.25) is 9.59 Å². The number of hydrogen-bond donors (Lipinski definition) is 2. The first kappa shape index (κ1) is 21.0. The number of nitrogens with zero attached hydrogens (tertiary/aromatic N) is 1. The van der Waals surface area contributed by atoms with Crippen molar-refractivity contribution in [3.63, 3.8) is 0 Å². The average Bonchev–Trinajstić information content (AvgIpc) is 2.99. The molecule has 3 N–H and O–H groups in total. The largest absolute Gasteiger partial charge is 0.444 e. The molecule has 1 fully saturated rings. The van der Waals surface area contributed by atoms with Crippen LogP contribution in [-0.4, -0.2) is 42.9 Å². The zero-order chi connectivity index (χ0) is 16.8. The number of carbonyl (C=O) groups excluding carboxylic acids is 2. The van der Waals surface area contributed by atoms with Crippen LogP contribution in [0.15, 0.2) is 21.2 Å². The summed E-state index contributed by atoms with van der Waals surface area (Å²) in [7, 11) is 1.58. The molecule has 0 aliphatic heterocycles. The van der Waals surface area contributed by atoms with Gasteiger partial charge in [0.25, 0.3) is 5.91 Å². The van der Waals surface area contributed by atoms with Gasteiger partial charge in [-0.2, -0.15) is 0 Å². The van der Waals surface area contributed by atoms with Crippen LogP contribution in [-0.2, 0) is 4.79 Å². The lowest BCUT2D eigenvalue weighted by molar-refractivity contribution is -0.122. The topological polar surface area (TPSA) is 88.6 Å². The zero-order valence-corrected chi connectivity index (χ0v) is 16.2. The summed E-state index contributed by atoms with van der Waals surface area (Å²) in [4.78, 5) is 25.7. The Hall–Kier alpha value is -1.05. The van der Waals surface area contributed by atoms with Gasteiger partial charge in [0.15, 0.2) is 10.4 Å². The Morgan fingerprint density at radius 3 is 2.58 bits per heavy atom. The minimum atomic E-state index is -0.326. The molecule has 8 heteroatoms. The van der Waals surface area contributed by atoms with Crippen LogP contribution in [0.25, 0.3) is 0 Å². The molecule has 1 aromatic heterocycles. The van der Waals surface area contributed by atoms with E-state index in [1.807, 2.05) is 0 Å². The van der Waals surface area contributed by atoms with Crippen LogP contribution in [0.1, 0.15) is 42.7 Å². The lowest BCUT2D eigenvalue weighted by atomic mass is 9.84. The van der Waals surface area contributed by atoms with Crippen molar-refractivity contribution in [2.45, 2.75) is 38.1 Å². The van der Waals surface area contributed by atoms with Gasteiger partial charge < -0.3 is 20.4 Å². The molecule has 6 nitrogen and oxygen atoms in total. The highest BCUT2D eigenvalue weighted by Gasteiger charge is 2.25. The lowest BCUT2D eigenvalue weighted by Gasteiger charge is -2.30. The summed E-state index contributed by atoms with van der Waals surface area (Å²) in [5, 5.41) is 2.98. The molecule has 1 aliphatic carbocycles. The van der Waals surface area contributed by atoms with Gasteiger partial charge in [0.1, 0.15) is 0 Å². The van der Waals surface area contributed by atoms with E-state index in [1.54, 1.807) is 19.2 Å². The first-order chi connectivity index (χ1) is 11.0. The molecule has 0 saturated heterocycles. The molecule has 0 spiro atoms. The van der Waals surface area contributed by atoms with Crippen LogP contribution in [0.4, 0.5) is 0 Å². The van der Waals surface area contributed by atoms with Gasteiger partial charge in [0.05, 0.1) is 6.54 Å². The number of nitrogens with one attached hydrogen (secondary N) is 1. The van der Waals surface area contributed by atoms with E-state index in [0.29, 0.717) is 17.1 Å². The van der Waals surface area contributed by atoms with Crippen LogP contribution in [0, 0.1) is 5.92 Å². The smallest absolute Gasteiger partial charge is 0.289 e. The molecule has 24 heavy (non-hydrogen) atoms. The van der Waals surface area contributed by atoms with E-state index in [-0.39, 0.29) is 42.6 Å². The molecule has 0 radical (unpaired) electrons. The Labute approximate surface area is 157 Å². The molecular formula is C16H25BrClN3O3. The summed E-state index contributed by atoms with van der Waals surface area (Å²) in [6, 6.07) is 3.21. The third kappa shape index (κ3) is 5.79. The molecule has 1 heterocycles. The van der Waals surface area contributed by atoms with E-state index in [0.717, 1.165) is 12.8 Å². The van der Waals surface area contributed by atoms with Crippen LogP contribution in [0.5, 0.6) is 0 Å². The standard InChI is InChI=1S/C16H24BrN3O3.ClH/c1-20(16(22)13-7-8-14(17)23-13)10-15(21)19-12(9-18)11-5-3-2-4-6-11;/h7-8,11-12H,2-6,9-10,18H2,1H3,(H,19,21);1H. The van der Waals surface area contributed by atoms with Crippen molar-refractivity contribution in [2.75, 3.05) is 20.1 Å². The Morgan fingerprint density at radius 1 is 1.38 bits per heavy atom. The van der Waals surface area contributed by atoms with Gasteiger partial charge in [-0.15, -0.1) is 12.4 Å². The van der Waals surface area contributed by atoms with Crippen molar-refractivity contribution in [1.82, 2.24) is 10.2 Å². The summed E-state index contributed by atoms with van der Waals surface area (Å²) in [6.07, 6.45) is 5.87. The van der Waals surface area contributed by atoms with Crippen molar-refractivity contribution in [3.05, 3.63) is 22.6 Å². The van der Waals surface area contributed by atoms with Crippen LogP contribution < -0.4 is 11.1 Å². The van der Waals surface area contributed by atoms with E-state index in [2.05, 4.69) is 21.2 Å². The Balaban J connectivity index is 0.00000288. The molecule has 1 saturated carbocycles. The molecule has 1 atom stereocenters. The summed E-state index contributed by atoms with van der Waals surface area (Å²) in [5.41, 5.74) is 5.82. The molecular weight excluding hydrogens is 398 g/mol. The summed E-state index contributed by atoms with van der Waals surface area (Å²) in [6.45, 7) is 0.416. The highest BCUT2D eigenvalue weighted by molar-refractivity contribution is 9.10. The van der Waals surface area contributed by atoms with Crippen molar-refractivity contribution in [2.24, 2.45) is 11.7 Å². The lowest BCUT2D eigenvalue weighted by Crippen LogP contribution is -2.49. The number of amides is 2. The minimum absolute atomic E-state index is 0. The maximum Gasteiger partial charge on any atom is 0.289 e. The Bertz CT molecular complexity index is 546. The van der Waals surface area contributed by atoms with Gasteiger partial charge in [-0.25, -0.2) is 0 Å². The fourth-order valence-electron chi connectivity index (χ4n) is 3.06. The predicted molar refractivity (Wildman–Crippen MR) is 98.2 cm³/mol. The third-order valence-corrected chi connectivity index (χ3v) is 4.76. The van der Waals surface area contributed by atoms with Crippen LogP contribution in [0.2, 0.25) is 0 Å². The maximum atomic E-state index is 12.2. The van der Waals surface area contributed by atoms with E-state index in [9.17, 15) is 9.59 Å². The number of furan rings is 1. The molecule has 136 valence electrons. The SMILES string of the molecule is CN(CC(=O)NC(CN)C1CCCCC1)C(=O)c1ccc(Br)o1.Cl. The molecule has 1 aromatic rings. The second-order valence-electron chi connectivity index (χ2n) is 6.07. The molecule has 2 amide bonds. The highest BCUT2D eigenvalue weighted by atomic mass is 79.9. The van der Waals surface area contributed by atoms with Crippen LogP contribution >= 0.6 is 28.3 Å². The second-order valence-corrected chi connectivity index (χ2v) is 6.85. The van der Waals surface area contributed by atoms with Gasteiger partial charge >= 0.3 is 0 Å². The molecule has 1 aliphatic rings. The van der Waals surface area contributed by atoms with Gasteiger partial charge in [0.2, 0.25) is 5.91 Å². The van der Waals surface area contributed by atoms with Crippen molar-refractivity contribution in [1.29, 1.82) is 0 Å². The van der Waals surface area contributed by atoms with Crippen molar-refractivity contribution < 1.29 is 14.0 Å².